The molecular weight excluding hydrogens is 607 g/mol. The highest BCUT2D eigenvalue weighted by molar-refractivity contribution is 6.22. The first-order valence-electron chi connectivity index (χ1n) is 16.9. The number of hydrogen-bond donors (Lipinski definition) is 0. The standard InChI is InChI=1S/C47H29N3/c1-2-12-36-29-37(26-19-30(36)9-1)46-48-45(35-24-21-33(22-25-35)39-16-7-13-31-10-3-5-14-38(31)39)49-47(50-46)43-18-8-17-42-41(43)28-27-34-23-20-32-11-4-6-15-40(32)44(34)42/h1-29H. The maximum absolute atomic E-state index is 5.18. The lowest BCUT2D eigenvalue weighted by atomic mass is 9.94. The summed E-state index contributed by atoms with van der Waals surface area (Å²) in [7, 11) is 0. The minimum atomic E-state index is 0.644. The fourth-order valence-electron chi connectivity index (χ4n) is 7.42. The summed E-state index contributed by atoms with van der Waals surface area (Å²) in [6.07, 6.45) is 0. The third kappa shape index (κ3) is 4.71. The normalized spacial score (nSPS) is 11.6. The first-order chi connectivity index (χ1) is 24.8. The van der Waals surface area contributed by atoms with Gasteiger partial charge in [-0.05, 0) is 71.1 Å². The van der Waals surface area contributed by atoms with Gasteiger partial charge in [-0.25, -0.2) is 15.0 Å². The van der Waals surface area contributed by atoms with Crippen molar-refractivity contribution in [2.45, 2.75) is 0 Å². The van der Waals surface area contributed by atoms with Gasteiger partial charge in [0.2, 0.25) is 0 Å². The number of nitrogens with zero attached hydrogens (tertiary/aromatic N) is 3. The van der Waals surface area contributed by atoms with Crippen molar-refractivity contribution in [2.75, 3.05) is 0 Å². The van der Waals surface area contributed by atoms with Crippen molar-refractivity contribution in [3.63, 3.8) is 0 Å². The Bertz CT molecular complexity index is 2920. The Morgan fingerprint density at radius 3 is 1.62 bits per heavy atom. The van der Waals surface area contributed by atoms with Crippen molar-refractivity contribution in [1.82, 2.24) is 15.0 Å². The van der Waals surface area contributed by atoms with E-state index in [9.17, 15) is 0 Å². The van der Waals surface area contributed by atoms with Crippen LogP contribution in [0.2, 0.25) is 0 Å². The van der Waals surface area contributed by atoms with E-state index in [1.165, 1.54) is 48.7 Å². The van der Waals surface area contributed by atoms with Crippen LogP contribution in [0.1, 0.15) is 0 Å². The summed E-state index contributed by atoms with van der Waals surface area (Å²) in [5, 5.41) is 12.0. The first-order valence-corrected chi connectivity index (χ1v) is 16.9. The number of fused-ring (bicyclic) bond motifs is 7. The molecule has 0 bridgehead atoms. The van der Waals surface area contributed by atoms with Gasteiger partial charge in [-0.3, -0.25) is 0 Å². The Kier molecular flexibility index (Phi) is 6.49. The van der Waals surface area contributed by atoms with Crippen molar-refractivity contribution in [3.05, 3.63) is 176 Å². The highest BCUT2D eigenvalue weighted by atomic mass is 15.0. The lowest BCUT2D eigenvalue weighted by Crippen LogP contribution is -2.00. The fourth-order valence-corrected chi connectivity index (χ4v) is 7.42. The van der Waals surface area contributed by atoms with E-state index in [4.69, 9.17) is 15.0 Å². The van der Waals surface area contributed by atoms with Gasteiger partial charge >= 0.3 is 0 Å². The Morgan fingerprint density at radius 2 is 0.780 bits per heavy atom. The molecule has 0 atom stereocenters. The molecule has 10 rings (SSSR count). The van der Waals surface area contributed by atoms with E-state index >= 15 is 0 Å². The van der Waals surface area contributed by atoms with E-state index in [0.29, 0.717) is 17.5 Å². The summed E-state index contributed by atoms with van der Waals surface area (Å²) >= 11 is 0. The second-order valence-electron chi connectivity index (χ2n) is 12.8. The van der Waals surface area contributed by atoms with E-state index in [1.807, 2.05) is 0 Å². The van der Waals surface area contributed by atoms with E-state index in [1.54, 1.807) is 0 Å². The third-order valence-electron chi connectivity index (χ3n) is 9.89. The number of benzene rings is 9. The zero-order valence-corrected chi connectivity index (χ0v) is 27.1. The largest absolute Gasteiger partial charge is 0.208 e. The van der Waals surface area contributed by atoms with E-state index in [0.717, 1.165) is 33.0 Å². The molecule has 0 spiro atoms. The Labute approximate surface area is 289 Å². The lowest BCUT2D eigenvalue weighted by molar-refractivity contribution is 1.08. The third-order valence-corrected chi connectivity index (χ3v) is 9.89. The number of hydrogen-bond acceptors (Lipinski definition) is 3. The Morgan fingerprint density at radius 1 is 0.260 bits per heavy atom. The molecule has 0 N–H and O–H groups in total. The zero-order valence-electron chi connectivity index (χ0n) is 27.1. The molecule has 232 valence electrons. The molecule has 0 aliphatic heterocycles. The molecule has 0 saturated heterocycles. The van der Waals surface area contributed by atoms with Gasteiger partial charge in [0.25, 0.3) is 0 Å². The van der Waals surface area contributed by atoms with E-state index in [2.05, 4.69) is 176 Å². The summed E-state index contributed by atoms with van der Waals surface area (Å²) in [4.78, 5) is 15.5. The first kappa shape index (κ1) is 28.3. The summed E-state index contributed by atoms with van der Waals surface area (Å²) in [6.45, 7) is 0. The van der Waals surface area contributed by atoms with Gasteiger partial charge in [0.1, 0.15) is 0 Å². The van der Waals surface area contributed by atoms with Gasteiger partial charge < -0.3 is 0 Å². The fraction of sp³-hybridized carbons (Fsp3) is 0. The monoisotopic (exact) mass is 635 g/mol. The average molecular weight is 636 g/mol. The number of aromatic nitrogens is 3. The van der Waals surface area contributed by atoms with Crippen LogP contribution in [-0.2, 0) is 0 Å². The van der Waals surface area contributed by atoms with Crippen LogP contribution in [0.4, 0.5) is 0 Å². The van der Waals surface area contributed by atoms with Crippen LogP contribution >= 0.6 is 0 Å². The van der Waals surface area contributed by atoms with Crippen LogP contribution in [-0.4, -0.2) is 15.0 Å². The van der Waals surface area contributed by atoms with Crippen LogP contribution in [0.25, 0.3) is 99.2 Å². The summed E-state index contributed by atoms with van der Waals surface area (Å²) in [6, 6.07) is 62.3. The van der Waals surface area contributed by atoms with Crippen molar-refractivity contribution >= 4 is 53.9 Å². The van der Waals surface area contributed by atoms with Crippen LogP contribution in [0.15, 0.2) is 176 Å². The topological polar surface area (TPSA) is 38.7 Å². The molecule has 0 amide bonds. The Balaban J connectivity index is 1.17. The molecule has 0 radical (unpaired) electrons. The highest BCUT2D eigenvalue weighted by Crippen LogP contribution is 2.37. The van der Waals surface area contributed by atoms with Crippen LogP contribution in [0.5, 0.6) is 0 Å². The smallest absolute Gasteiger partial charge is 0.164 e. The highest BCUT2D eigenvalue weighted by Gasteiger charge is 2.16. The van der Waals surface area contributed by atoms with Gasteiger partial charge in [-0.1, -0.05) is 170 Å². The second-order valence-corrected chi connectivity index (χ2v) is 12.8. The minimum Gasteiger partial charge on any atom is -0.208 e. The molecule has 0 aliphatic carbocycles. The van der Waals surface area contributed by atoms with Crippen LogP contribution < -0.4 is 0 Å². The molecule has 0 fully saturated rings. The average Bonchev–Trinajstić information content (AvgIpc) is 3.19. The van der Waals surface area contributed by atoms with Gasteiger partial charge in [0.15, 0.2) is 17.5 Å². The van der Waals surface area contributed by atoms with Crippen molar-refractivity contribution in [1.29, 1.82) is 0 Å². The number of rotatable bonds is 4. The quantitative estimate of drug-likeness (QED) is 0.181. The molecule has 10 aromatic rings. The minimum absolute atomic E-state index is 0.644. The molecule has 1 aromatic heterocycles. The summed E-state index contributed by atoms with van der Waals surface area (Å²) in [5.74, 6) is 1.95. The van der Waals surface area contributed by atoms with Gasteiger partial charge in [-0.15, -0.1) is 0 Å². The van der Waals surface area contributed by atoms with E-state index in [-0.39, 0.29) is 0 Å². The van der Waals surface area contributed by atoms with Gasteiger partial charge in [0, 0.05) is 16.7 Å². The van der Waals surface area contributed by atoms with Crippen LogP contribution in [0.3, 0.4) is 0 Å². The molecular formula is C47H29N3. The van der Waals surface area contributed by atoms with Crippen molar-refractivity contribution < 1.29 is 0 Å². The molecule has 3 heteroatoms. The van der Waals surface area contributed by atoms with Crippen LogP contribution in [0, 0.1) is 0 Å². The zero-order chi connectivity index (χ0) is 33.0. The molecule has 50 heavy (non-hydrogen) atoms. The predicted molar refractivity (Wildman–Crippen MR) is 209 cm³/mol. The SMILES string of the molecule is c1ccc2cc(-c3nc(-c4ccc(-c5cccc6ccccc56)cc4)nc(-c4cccc5c4ccc4ccc6ccccc6c45)n3)ccc2c1. The molecule has 3 nitrogen and oxygen atoms in total. The van der Waals surface area contributed by atoms with Crippen molar-refractivity contribution in [2.24, 2.45) is 0 Å². The molecule has 0 saturated carbocycles. The molecule has 0 unspecified atom stereocenters. The second kappa shape index (κ2) is 11.5. The van der Waals surface area contributed by atoms with Gasteiger partial charge in [-0.2, -0.15) is 0 Å². The lowest BCUT2D eigenvalue weighted by Gasteiger charge is -2.13. The maximum atomic E-state index is 5.18. The van der Waals surface area contributed by atoms with Gasteiger partial charge in [0.05, 0.1) is 0 Å². The molecule has 9 aromatic carbocycles. The van der Waals surface area contributed by atoms with Crippen molar-refractivity contribution in [3.8, 4) is 45.3 Å². The predicted octanol–water partition coefficient (Wildman–Crippen LogP) is 12.3. The maximum Gasteiger partial charge on any atom is 0.164 e. The Hall–Kier alpha value is -6.71. The molecule has 0 aliphatic rings. The van der Waals surface area contributed by atoms with E-state index < -0.39 is 0 Å². The summed E-state index contributed by atoms with van der Waals surface area (Å²) < 4.78 is 0. The summed E-state index contributed by atoms with van der Waals surface area (Å²) in [5.41, 5.74) is 5.24. The molecule has 1 heterocycles.